The van der Waals surface area contributed by atoms with Crippen LogP contribution in [-0.4, -0.2) is 12.3 Å². The first kappa shape index (κ1) is 11.7. The monoisotopic (exact) mass is 253 g/mol. The Morgan fingerprint density at radius 2 is 2.25 bits per heavy atom. The van der Waals surface area contributed by atoms with Gasteiger partial charge < -0.3 is 0 Å². The maximum Gasteiger partial charge on any atom is 0.235 e. The highest BCUT2D eigenvalue weighted by Crippen LogP contribution is 2.50. The summed E-state index contributed by atoms with van der Waals surface area (Å²) in [6.07, 6.45) is 6.57. The number of hydrogen-bond donors (Lipinski definition) is 0. The molecule has 84 valence electrons. The maximum absolute atomic E-state index is 10.6. The van der Waals surface area contributed by atoms with E-state index < -0.39 is 5.54 Å². The molecule has 16 heavy (non-hydrogen) atoms. The summed E-state index contributed by atoms with van der Waals surface area (Å²) in [4.78, 5) is 15.7. The van der Waals surface area contributed by atoms with Gasteiger partial charge >= 0.3 is 0 Å². The van der Waals surface area contributed by atoms with Gasteiger partial charge in [-0.15, -0.1) is 11.8 Å². The van der Waals surface area contributed by atoms with E-state index in [1.165, 1.54) is 0 Å². The van der Waals surface area contributed by atoms with E-state index in [1.807, 2.05) is 24.5 Å². The minimum Gasteiger partial charge on any atom is -0.211 e. The van der Waals surface area contributed by atoms with Gasteiger partial charge in [-0.3, -0.25) is 0 Å². The molecule has 0 bridgehead atoms. The third kappa shape index (κ3) is 1.80. The highest BCUT2D eigenvalue weighted by atomic mass is 35.5. The van der Waals surface area contributed by atoms with E-state index in [1.54, 1.807) is 17.8 Å². The molecular formula is C12H12ClNOS. The van der Waals surface area contributed by atoms with Gasteiger partial charge in [0, 0.05) is 15.5 Å². The Bertz CT molecular complexity index is 450. The van der Waals surface area contributed by atoms with Crippen molar-refractivity contribution in [3.05, 3.63) is 28.8 Å². The number of aliphatic imine (C=N–C) groups is 1. The molecule has 0 heterocycles. The molecule has 1 aliphatic rings. The van der Waals surface area contributed by atoms with Gasteiger partial charge in [0.2, 0.25) is 6.08 Å². The largest absolute Gasteiger partial charge is 0.235 e. The number of hydrogen-bond acceptors (Lipinski definition) is 3. The average molecular weight is 254 g/mol. The van der Waals surface area contributed by atoms with Crippen LogP contribution in [0, 0.1) is 0 Å². The van der Waals surface area contributed by atoms with Gasteiger partial charge in [0.25, 0.3) is 0 Å². The summed E-state index contributed by atoms with van der Waals surface area (Å²) in [7, 11) is 0. The molecule has 1 aliphatic carbocycles. The second-order valence-electron chi connectivity index (χ2n) is 3.91. The third-order valence-electron chi connectivity index (χ3n) is 3.10. The van der Waals surface area contributed by atoms with E-state index >= 15 is 0 Å². The van der Waals surface area contributed by atoms with Gasteiger partial charge in [0.1, 0.15) is 5.54 Å². The maximum atomic E-state index is 10.6. The van der Waals surface area contributed by atoms with Gasteiger partial charge in [-0.05, 0) is 37.7 Å². The molecule has 4 heteroatoms. The van der Waals surface area contributed by atoms with Gasteiger partial charge in [-0.25, -0.2) is 4.79 Å². The SMILES string of the molecule is CSc1cccc(Cl)c1C1(N=C=O)CCC1. The molecule has 1 fully saturated rings. The highest BCUT2D eigenvalue weighted by Gasteiger charge is 2.41. The lowest BCUT2D eigenvalue weighted by molar-refractivity contribution is 0.252. The second-order valence-corrected chi connectivity index (χ2v) is 5.16. The number of rotatable bonds is 3. The second kappa shape index (κ2) is 4.62. The lowest BCUT2D eigenvalue weighted by atomic mass is 9.72. The predicted molar refractivity (Wildman–Crippen MR) is 66.9 cm³/mol. The molecule has 0 atom stereocenters. The molecule has 0 saturated heterocycles. The Balaban J connectivity index is 2.57. The van der Waals surface area contributed by atoms with Crippen molar-refractivity contribution in [1.82, 2.24) is 0 Å². The van der Waals surface area contributed by atoms with Crippen LogP contribution in [0.3, 0.4) is 0 Å². The summed E-state index contributed by atoms with van der Waals surface area (Å²) in [5, 5.41) is 0.700. The molecule has 1 saturated carbocycles. The summed E-state index contributed by atoms with van der Waals surface area (Å²) in [5.41, 5.74) is 0.595. The molecule has 2 nitrogen and oxygen atoms in total. The Labute approximate surface area is 104 Å². The van der Waals surface area contributed by atoms with Crippen molar-refractivity contribution >= 4 is 29.4 Å². The van der Waals surface area contributed by atoms with Crippen LogP contribution in [0.5, 0.6) is 0 Å². The molecule has 2 rings (SSSR count). The van der Waals surface area contributed by atoms with Crippen LogP contribution >= 0.6 is 23.4 Å². The van der Waals surface area contributed by atoms with Crippen molar-refractivity contribution in [2.75, 3.05) is 6.26 Å². The number of nitrogens with zero attached hydrogens (tertiary/aromatic N) is 1. The number of benzene rings is 1. The van der Waals surface area contributed by atoms with Gasteiger partial charge in [-0.1, -0.05) is 17.7 Å². The number of halogens is 1. The summed E-state index contributed by atoms with van der Waals surface area (Å²) < 4.78 is 0. The number of carbonyl (C=O) groups excluding carboxylic acids is 1. The van der Waals surface area contributed by atoms with Crippen LogP contribution in [0.25, 0.3) is 0 Å². The van der Waals surface area contributed by atoms with Crippen molar-refractivity contribution in [3.63, 3.8) is 0 Å². The average Bonchev–Trinajstić information content (AvgIpc) is 2.24. The van der Waals surface area contributed by atoms with E-state index in [9.17, 15) is 4.79 Å². The molecule has 0 spiro atoms. The fourth-order valence-electron chi connectivity index (χ4n) is 2.14. The lowest BCUT2D eigenvalue weighted by Crippen LogP contribution is -2.32. The van der Waals surface area contributed by atoms with Gasteiger partial charge in [-0.2, -0.15) is 4.99 Å². The minimum absolute atomic E-state index is 0.404. The zero-order valence-corrected chi connectivity index (χ0v) is 10.6. The molecule has 0 aromatic heterocycles. The van der Waals surface area contributed by atoms with Crippen LogP contribution in [0.1, 0.15) is 24.8 Å². The van der Waals surface area contributed by atoms with Crippen LogP contribution < -0.4 is 0 Å². The van der Waals surface area contributed by atoms with Crippen LogP contribution in [-0.2, 0) is 10.3 Å². The first-order valence-electron chi connectivity index (χ1n) is 5.15. The summed E-state index contributed by atoms with van der Waals surface area (Å²) >= 11 is 7.88. The molecule has 1 aromatic rings. The Morgan fingerprint density at radius 1 is 1.50 bits per heavy atom. The fraction of sp³-hybridized carbons (Fsp3) is 0.417. The van der Waals surface area contributed by atoms with E-state index in [2.05, 4.69) is 4.99 Å². The summed E-state index contributed by atoms with van der Waals surface area (Å²) in [6.45, 7) is 0. The highest BCUT2D eigenvalue weighted by molar-refractivity contribution is 7.98. The normalized spacial score (nSPS) is 17.4. The Kier molecular flexibility index (Phi) is 3.38. The van der Waals surface area contributed by atoms with Gasteiger partial charge in [0.15, 0.2) is 0 Å². The third-order valence-corrected chi connectivity index (χ3v) is 4.20. The molecule has 0 aliphatic heterocycles. The van der Waals surface area contributed by atoms with E-state index in [0.717, 1.165) is 29.7 Å². The molecule has 1 aromatic carbocycles. The molecule has 0 radical (unpaired) electrons. The van der Waals surface area contributed by atoms with Crippen LogP contribution in [0.15, 0.2) is 28.1 Å². The zero-order chi connectivity index (χ0) is 11.6. The first-order valence-corrected chi connectivity index (χ1v) is 6.76. The van der Waals surface area contributed by atoms with Crippen molar-refractivity contribution in [2.45, 2.75) is 29.7 Å². The van der Waals surface area contributed by atoms with Crippen molar-refractivity contribution in [2.24, 2.45) is 4.99 Å². The lowest BCUT2D eigenvalue weighted by Gasteiger charge is -2.38. The fourth-order valence-corrected chi connectivity index (χ4v) is 3.27. The molecule has 0 unspecified atom stereocenters. The molecule has 0 N–H and O–H groups in total. The standard InChI is InChI=1S/C12H12ClNOS/c1-16-10-5-2-4-9(13)11(10)12(14-8-15)6-3-7-12/h2,4-5H,3,6-7H2,1H3. The summed E-state index contributed by atoms with van der Waals surface area (Å²) in [6, 6.07) is 5.80. The van der Waals surface area contributed by atoms with Crippen LogP contribution in [0.2, 0.25) is 5.02 Å². The summed E-state index contributed by atoms with van der Waals surface area (Å²) in [5.74, 6) is 0. The Hall–Kier alpha value is -0.760. The van der Waals surface area contributed by atoms with E-state index in [-0.39, 0.29) is 0 Å². The first-order chi connectivity index (χ1) is 7.73. The van der Waals surface area contributed by atoms with E-state index in [0.29, 0.717) is 5.02 Å². The van der Waals surface area contributed by atoms with Crippen molar-refractivity contribution < 1.29 is 4.79 Å². The number of isocyanates is 1. The zero-order valence-electron chi connectivity index (χ0n) is 9.00. The quantitative estimate of drug-likeness (QED) is 0.466. The minimum atomic E-state index is -0.404. The number of thioether (sulfide) groups is 1. The van der Waals surface area contributed by atoms with Crippen molar-refractivity contribution in [3.8, 4) is 0 Å². The predicted octanol–water partition coefficient (Wildman–Crippen LogP) is 3.78. The smallest absolute Gasteiger partial charge is 0.211 e. The molecule has 0 amide bonds. The topological polar surface area (TPSA) is 29.4 Å². The van der Waals surface area contributed by atoms with Gasteiger partial charge in [0.05, 0.1) is 0 Å². The van der Waals surface area contributed by atoms with E-state index in [4.69, 9.17) is 11.6 Å². The molecular weight excluding hydrogens is 242 g/mol. The van der Waals surface area contributed by atoms with Crippen molar-refractivity contribution in [1.29, 1.82) is 0 Å². The Morgan fingerprint density at radius 3 is 2.75 bits per heavy atom. The van der Waals surface area contributed by atoms with Crippen LogP contribution in [0.4, 0.5) is 0 Å².